The van der Waals surface area contributed by atoms with Gasteiger partial charge in [0.1, 0.15) is 18.9 Å². The van der Waals surface area contributed by atoms with E-state index in [0.717, 1.165) is 19.6 Å². The Morgan fingerprint density at radius 3 is 2.05 bits per heavy atom. The Hall–Kier alpha value is -1.55. The maximum absolute atomic E-state index is 10.7. The zero-order valence-electron chi connectivity index (χ0n) is 13.5. The highest BCUT2D eigenvalue weighted by atomic mass is 16.5. The molecular weight excluding hydrogens is 266 g/mol. The van der Waals surface area contributed by atoms with Crippen LogP contribution in [0.2, 0.25) is 0 Å². The SMILES string of the molecule is CC(C)C[NH+](CCOc1ccc(C(=O)[O-])cc1)CC(C)C. The second-order valence-corrected chi connectivity index (χ2v) is 6.36. The van der Waals surface area contributed by atoms with Crippen molar-refractivity contribution in [3.05, 3.63) is 29.8 Å². The summed E-state index contributed by atoms with van der Waals surface area (Å²) in [5.74, 6) is 0.877. The molecule has 4 heteroatoms. The summed E-state index contributed by atoms with van der Waals surface area (Å²) in [6.07, 6.45) is 0. The van der Waals surface area contributed by atoms with Crippen molar-refractivity contribution in [1.29, 1.82) is 0 Å². The summed E-state index contributed by atoms with van der Waals surface area (Å²) in [5.41, 5.74) is 0.175. The van der Waals surface area contributed by atoms with Gasteiger partial charge in [0.15, 0.2) is 0 Å². The molecule has 0 amide bonds. The van der Waals surface area contributed by atoms with Gasteiger partial charge in [0.05, 0.1) is 19.1 Å². The molecule has 0 aliphatic rings. The molecular formula is C17H27NO3. The number of nitrogens with one attached hydrogen (secondary N) is 1. The van der Waals surface area contributed by atoms with E-state index < -0.39 is 5.97 Å². The molecule has 0 aromatic heterocycles. The van der Waals surface area contributed by atoms with E-state index in [1.165, 1.54) is 12.1 Å². The van der Waals surface area contributed by atoms with Crippen LogP contribution in [0.3, 0.4) is 0 Å². The molecule has 0 fully saturated rings. The highest BCUT2D eigenvalue weighted by molar-refractivity contribution is 5.85. The lowest BCUT2D eigenvalue weighted by molar-refractivity contribution is -0.906. The summed E-state index contributed by atoms with van der Waals surface area (Å²) in [5, 5.41) is 10.7. The molecule has 1 aromatic rings. The van der Waals surface area contributed by atoms with E-state index in [4.69, 9.17) is 4.74 Å². The van der Waals surface area contributed by atoms with Crippen molar-refractivity contribution in [2.75, 3.05) is 26.2 Å². The summed E-state index contributed by atoms with van der Waals surface area (Å²) in [6, 6.07) is 6.38. The van der Waals surface area contributed by atoms with E-state index in [0.29, 0.717) is 24.2 Å². The molecule has 0 saturated carbocycles. The van der Waals surface area contributed by atoms with Crippen LogP contribution >= 0.6 is 0 Å². The molecule has 0 radical (unpaired) electrons. The first-order valence-corrected chi connectivity index (χ1v) is 7.66. The van der Waals surface area contributed by atoms with Gasteiger partial charge in [-0.15, -0.1) is 0 Å². The van der Waals surface area contributed by atoms with Gasteiger partial charge in [-0.1, -0.05) is 27.7 Å². The standard InChI is InChI=1S/C17H27NO3/c1-13(2)11-18(12-14(3)4)9-10-21-16-7-5-15(6-8-16)17(19)20/h5-8,13-14H,9-12H2,1-4H3,(H,19,20). The first-order chi connectivity index (χ1) is 9.88. The number of quaternary nitrogens is 1. The number of benzene rings is 1. The van der Waals surface area contributed by atoms with E-state index in [-0.39, 0.29) is 5.56 Å². The molecule has 1 N–H and O–H groups in total. The summed E-state index contributed by atoms with van der Waals surface area (Å²) >= 11 is 0. The Labute approximate surface area is 127 Å². The summed E-state index contributed by atoms with van der Waals surface area (Å²) in [4.78, 5) is 12.2. The smallest absolute Gasteiger partial charge is 0.137 e. The Bertz CT molecular complexity index is 416. The fourth-order valence-corrected chi connectivity index (χ4v) is 2.44. The number of carboxylic acid groups (broad SMARTS) is 1. The second-order valence-electron chi connectivity index (χ2n) is 6.36. The molecule has 0 aliphatic carbocycles. The normalized spacial score (nSPS) is 11.4. The van der Waals surface area contributed by atoms with Gasteiger partial charge in [0.2, 0.25) is 0 Å². The lowest BCUT2D eigenvalue weighted by Gasteiger charge is -2.23. The molecule has 0 aliphatic heterocycles. The van der Waals surface area contributed by atoms with Crippen LogP contribution in [0.15, 0.2) is 24.3 Å². The molecule has 0 spiro atoms. The third-order valence-corrected chi connectivity index (χ3v) is 3.21. The lowest BCUT2D eigenvalue weighted by atomic mass is 10.1. The van der Waals surface area contributed by atoms with Crippen molar-refractivity contribution in [2.24, 2.45) is 11.8 Å². The molecule has 0 saturated heterocycles. The minimum atomic E-state index is -1.16. The number of aromatic carboxylic acids is 1. The Balaban J connectivity index is 2.43. The van der Waals surface area contributed by atoms with E-state index in [1.54, 1.807) is 17.0 Å². The number of carbonyl (C=O) groups excluding carboxylic acids is 1. The van der Waals surface area contributed by atoms with Crippen molar-refractivity contribution >= 4 is 5.97 Å². The van der Waals surface area contributed by atoms with Crippen LogP contribution in [0.4, 0.5) is 0 Å². The maximum Gasteiger partial charge on any atom is 0.137 e. The summed E-state index contributed by atoms with van der Waals surface area (Å²) in [6.45, 7) is 12.8. The van der Waals surface area contributed by atoms with Gasteiger partial charge in [-0.25, -0.2) is 0 Å². The first kappa shape index (κ1) is 17.5. The highest BCUT2D eigenvalue weighted by Gasteiger charge is 2.12. The van der Waals surface area contributed by atoms with Gasteiger partial charge in [-0.05, 0) is 29.8 Å². The molecule has 1 rings (SSSR count). The van der Waals surface area contributed by atoms with Crippen LogP contribution in [0.5, 0.6) is 5.75 Å². The first-order valence-electron chi connectivity index (χ1n) is 7.66. The van der Waals surface area contributed by atoms with Crippen molar-refractivity contribution < 1.29 is 19.5 Å². The van der Waals surface area contributed by atoms with Crippen molar-refractivity contribution in [2.45, 2.75) is 27.7 Å². The Morgan fingerprint density at radius 1 is 1.10 bits per heavy atom. The van der Waals surface area contributed by atoms with Gasteiger partial charge in [0, 0.05) is 11.8 Å². The third-order valence-electron chi connectivity index (χ3n) is 3.21. The van der Waals surface area contributed by atoms with E-state index >= 15 is 0 Å². The molecule has 1 aromatic carbocycles. The van der Waals surface area contributed by atoms with E-state index in [1.807, 2.05) is 0 Å². The molecule has 21 heavy (non-hydrogen) atoms. The van der Waals surface area contributed by atoms with Gasteiger partial charge in [-0.3, -0.25) is 0 Å². The van der Waals surface area contributed by atoms with Crippen molar-refractivity contribution in [3.8, 4) is 5.75 Å². The maximum atomic E-state index is 10.7. The van der Waals surface area contributed by atoms with Crippen molar-refractivity contribution in [3.63, 3.8) is 0 Å². The van der Waals surface area contributed by atoms with Crippen LogP contribution in [-0.2, 0) is 0 Å². The lowest BCUT2D eigenvalue weighted by Crippen LogP contribution is -3.13. The molecule has 118 valence electrons. The number of hydrogen-bond donors (Lipinski definition) is 1. The van der Waals surface area contributed by atoms with Crippen LogP contribution in [-0.4, -0.2) is 32.2 Å². The fourth-order valence-electron chi connectivity index (χ4n) is 2.44. The highest BCUT2D eigenvalue weighted by Crippen LogP contribution is 2.11. The fraction of sp³-hybridized carbons (Fsp3) is 0.588. The minimum absolute atomic E-state index is 0.175. The van der Waals surface area contributed by atoms with Gasteiger partial charge in [0.25, 0.3) is 0 Å². The third kappa shape index (κ3) is 7.14. The van der Waals surface area contributed by atoms with Crippen LogP contribution < -0.4 is 14.7 Å². The van der Waals surface area contributed by atoms with Gasteiger partial charge < -0.3 is 19.5 Å². The van der Waals surface area contributed by atoms with Crippen molar-refractivity contribution in [1.82, 2.24) is 0 Å². The zero-order chi connectivity index (χ0) is 15.8. The average Bonchev–Trinajstić information content (AvgIpc) is 2.37. The monoisotopic (exact) mass is 293 g/mol. The van der Waals surface area contributed by atoms with E-state index in [2.05, 4.69) is 27.7 Å². The number of ether oxygens (including phenoxy) is 1. The van der Waals surface area contributed by atoms with E-state index in [9.17, 15) is 9.90 Å². The number of rotatable bonds is 9. The second kappa shape index (κ2) is 8.67. The summed E-state index contributed by atoms with van der Waals surface area (Å²) in [7, 11) is 0. The predicted octanol–water partition coefficient (Wildman–Crippen LogP) is 0.626. The number of carboxylic acids is 1. The number of hydrogen-bond acceptors (Lipinski definition) is 3. The topological polar surface area (TPSA) is 53.8 Å². The van der Waals surface area contributed by atoms with Crippen LogP contribution in [0.25, 0.3) is 0 Å². The van der Waals surface area contributed by atoms with Crippen LogP contribution in [0, 0.1) is 11.8 Å². The Morgan fingerprint density at radius 2 is 1.62 bits per heavy atom. The molecule has 0 atom stereocenters. The zero-order valence-corrected chi connectivity index (χ0v) is 13.5. The Kier molecular flexibility index (Phi) is 7.23. The molecule has 4 nitrogen and oxygen atoms in total. The molecule has 0 heterocycles. The summed E-state index contributed by atoms with van der Waals surface area (Å²) < 4.78 is 5.70. The molecule has 0 unspecified atom stereocenters. The quantitative estimate of drug-likeness (QED) is 0.726. The average molecular weight is 293 g/mol. The molecule has 0 bridgehead atoms. The predicted molar refractivity (Wildman–Crippen MR) is 81.5 cm³/mol. The van der Waals surface area contributed by atoms with Crippen LogP contribution in [0.1, 0.15) is 38.1 Å². The van der Waals surface area contributed by atoms with Gasteiger partial charge >= 0.3 is 0 Å². The largest absolute Gasteiger partial charge is 0.545 e. The number of carbonyl (C=O) groups is 1. The minimum Gasteiger partial charge on any atom is -0.545 e. The van der Waals surface area contributed by atoms with Gasteiger partial charge in [-0.2, -0.15) is 0 Å².